The molecule has 5 bridgehead atoms. The van der Waals surface area contributed by atoms with Crippen LogP contribution in [0.2, 0.25) is 0 Å². The third-order valence-electron chi connectivity index (χ3n) is 22.8. The molecule has 10 N–H and O–H groups in total. The molecule has 86 heavy (non-hydrogen) atoms. The molecule has 4 saturated carbocycles. The Morgan fingerprint density at radius 3 is 2.43 bits per heavy atom. The van der Waals surface area contributed by atoms with Crippen LogP contribution in [0.25, 0.3) is 21.7 Å². The van der Waals surface area contributed by atoms with E-state index in [0.717, 1.165) is 99.1 Å². The maximum Gasteiger partial charge on any atom is 0.306 e. The van der Waals surface area contributed by atoms with Crippen molar-refractivity contribution >= 4 is 49.3 Å². The minimum atomic E-state index is -2.52. The summed E-state index contributed by atoms with van der Waals surface area (Å²) < 4.78 is 32.7. The first-order valence-electron chi connectivity index (χ1n) is 32.4. The van der Waals surface area contributed by atoms with Crippen LogP contribution in [0.1, 0.15) is 140 Å². The van der Waals surface area contributed by atoms with Gasteiger partial charge in [-0.3, -0.25) is 4.79 Å². The zero-order valence-electron chi connectivity index (χ0n) is 50.5. The van der Waals surface area contributed by atoms with E-state index in [1.165, 1.54) is 0 Å². The SMILES string of the molecule is CCOC(=O)CCc1cc2ccoc2c2c1O[C@@H]1O[C@@]3(CSS[C@]4(CC[C@]5(CC[C@H](CNC)C5)[C@H]4CC[C@]4(O)CC[C@H](Cc5cc6ccccc6cc5CO)C4)[C@H](CC[C@H](C)CCC[C@H]3O)NCCO2)[C@]2(O)C[C@@H]3C=C[C@H](O)[C@@H](CO)[C@H]3[C@@]1(O)[C@H]2O. The number of furan rings is 1. The van der Waals surface area contributed by atoms with Crippen LogP contribution in [0.4, 0.5) is 0 Å². The van der Waals surface area contributed by atoms with Crippen LogP contribution < -0.4 is 20.1 Å². The Hall–Kier alpha value is -3.47. The lowest BCUT2D eigenvalue weighted by molar-refractivity contribution is -0.424. The van der Waals surface area contributed by atoms with Gasteiger partial charge in [0.25, 0.3) is 0 Å². The molecule has 0 amide bonds. The van der Waals surface area contributed by atoms with Crippen molar-refractivity contribution in [3.63, 3.8) is 0 Å². The average molecular weight is 1230 g/mol. The molecule has 18 heteroatoms. The topological polar surface area (TPSA) is 253 Å². The summed E-state index contributed by atoms with van der Waals surface area (Å²) in [5.74, 6) is -1.88. The van der Waals surface area contributed by atoms with E-state index >= 15 is 0 Å². The molecule has 6 fully saturated rings. The third-order valence-corrected chi connectivity index (χ3v) is 26.2. The molecule has 0 radical (unpaired) electrons. The van der Waals surface area contributed by atoms with Crippen molar-refractivity contribution in [2.45, 2.75) is 200 Å². The quantitative estimate of drug-likeness (QED) is 0.0342. The van der Waals surface area contributed by atoms with E-state index in [-0.39, 0.29) is 92.0 Å². The number of benzene rings is 3. The van der Waals surface area contributed by atoms with E-state index in [9.17, 15) is 45.6 Å². The zero-order valence-corrected chi connectivity index (χ0v) is 52.1. The lowest BCUT2D eigenvalue weighted by atomic mass is 9.50. The average Bonchev–Trinajstić information content (AvgIpc) is 0.894. The molecule has 12 rings (SSSR count). The number of rotatable bonds is 13. The fourth-order valence-electron chi connectivity index (χ4n) is 18.5. The molecule has 5 aliphatic carbocycles. The fraction of sp³-hybridized carbons (Fsp3) is 0.691. The molecule has 16 nitrogen and oxygen atoms in total. The van der Waals surface area contributed by atoms with E-state index in [2.05, 4.69) is 47.9 Å². The number of aryl methyl sites for hydroxylation is 1. The molecule has 8 aliphatic rings. The minimum absolute atomic E-state index is 0.0197. The van der Waals surface area contributed by atoms with Crippen molar-refractivity contribution in [3.8, 4) is 11.5 Å². The van der Waals surface area contributed by atoms with Gasteiger partial charge < -0.3 is 74.9 Å². The number of hydrogen-bond donors (Lipinski definition) is 10. The number of fused-ring (bicyclic) bond motifs is 12. The highest BCUT2D eigenvalue weighted by Crippen LogP contribution is 2.69. The van der Waals surface area contributed by atoms with Crippen molar-refractivity contribution in [1.82, 2.24) is 10.6 Å². The van der Waals surface area contributed by atoms with Crippen molar-refractivity contribution in [2.75, 3.05) is 45.7 Å². The summed E-state index contributed by atoms with van der Waals surface area (Å²) in [6.07, 6.45) is 11.3. The normalized spacial score (nSPS) is 40.0. The van der Waals surface area contributed by atoms with E-state index in [4.69, 9.17) is 23.4 Å². The summed E-state index contributed by atoms with van der Waals surface area (Å²) in [5.41, 5.74) is -4.80. The Balaban J connectivity index is 0.970. The van der Waals surface area contributed by atoms with Crippen molar-refractivity contribution < 1.29 is 69.0 Å². The largest absolute Gasteiger partial charge is 0.485 e. The number of hydrogen-bond acceptors (Lipinski definition) is 18. The van der Waals surface area contributed by atoms with E-state index < -0.39 is 82.1 Å². The first-order valence-corrected chi connectivity index (χ1v) is 34.7. The molecule has 3 spiro atoms. The van der Waals surface area contributed by atoms with Gasteiger partial charge in [-0.1, -0.05) is 83.8 Å². The second kappa shape index (κ2) is 25.3. The molecule has 0 unspecified atom stereocenters. The van der Waals surface area contributed by atoms with E-state index in [1.807, 2.05) is 30.0 Å². The molecule has 2 saturated heterocycles. The van der Waals surface area contributed by atoms with Gasteiger partial charge >= 0.3 is 5.97 Å². The Morgan fingerprint density at radius 1 is 0.860 bits per heavy atom. The van der Waals surface area contributed by atoms with Gasteiger partial charge in [0.15, 0.2) is 16.9 Å². The predicted octanol–water partition coefficient (Wildman–Crippen LogP) is 8.45. The number of esters is 1. The van der Waals surface area contributed by atoms with Gasteiger partial charge in [-0.2, -0.15) is 0 Å². The number of allylic oxidation sites excluding steroid dienone is 1. The smallest absolute Gasteiger partial charge is 0.306 e. The molecule has 4 heterocycles. The second-order valence-corrected chi connectivity index (χ2v) is 30.4. The van der Waals surface area contributed by atoms with Crippen molar-refractivity contribution in [3.05, 3.63) is 83.6 Å². The van der Waals surface area contributed by atoms with Crippen molar-refractivity contribution in [2.24, 2.45) is 46.8 Å². The third kappa shape index (κ3) is 11.2. The highest BCUT2D eigenvalue weighted by molar-refractivity contribution is 8.77. The summed E-state index contributed by atoms with van der Waals surface area (Å²) in [6.45, 7) is 5.12. The van der Waals surface area contributed by atoms with Gasteiger partial charge in [0.2, 0.25) is 12.0 Å². The van der Waals surface area contributed by atoms with Gasteiger partial charge in [0, 0.05) is 53.3 Å². The summed E-state index contributed by atoms with van der Waals surface area (Å²) in [5, 5.41) is 111. The van der Waals surface area contributed by atoms with Crippen LogP contribution in [0.3, 0.4) is 0 Å². The Kier molecular flexibility index (Phi) is 18.5. The summed E-state index contributed by atoms with van der Waals surface area (Å²) in [6, 6.07) is 16.2. The highest BCUT2D eigenvalue weighted by atomic mass is 33.1. The van der Waals surface area contributed by atoms with E-state index in [0.29, 0.717) is 54.7 Å². The van der Waals surface area contributed by atoms with E-state index in [1.54, 1.807) is 42.2 Å². The number of ether oxygens (including phenoxy) is 4. The van der Waals surface area contributed by atoms with Crippen molar-refractivity contribution in [1.29, 1.82) is 0 Å². The van der Waals surface area contributed by atoms with Gasteiger partial charge in [-0.05, 0) is 204 Å². The van der Waals surface area contributed by atoms with Gasteiger partial charge in [-0.15, -0.1) is 0 Å². The lowest BCUT2D eigenvalue weighted by Gasteiger charge is -2.67. The maximum atomic E-state index is 13.9. The second-order valence-electron chi connectivity index (χ2n) is 27.7. The Bertz CT molecular complexity index is 3070. The molecule has 18 atom stereocenters. The Labute approximate surface area is 514 Å². The van der Waals surface area contributed by atoms with Gasteiger partial charge in [0.1, 0.15) is 23.9 Å². The molecule has 3 aromatic carbocycles. The van der Waals surface area contributed by atoms with Crippen LogP contribution in [0, 0.1) is 46.8 Å². The molecule has 3 aliphatic heterocycles. The predicted molar refractivity (Wildman–Crippen MR) is 332 cm³/mol. The fourth-order valence-corrected chi connectivity index (χ4v) is 22.8. The summed E-state index contributed by atoms with van der Waals surface area (Å²) in [4.78, 5) is 13.2. The highest BCUT2D eigenvalue weighted by Gasteiger charge is 2.78. The van der Waals surface area contributed by atoms with Crippen LogP contribution in [-0.2, 0) is 33.7 Å². The van der Waals surface area contributed by atoms with Crippen LogP contribution in [-0.4, -0.2) is 150 Å². The van der Waals surface area contributed by atoms with Gasteiger partial charge in [-0.25, -0.2) is 0 Å². The molecule has 1 aromatic heterocycles. The maximum absolute atomic E-state index is 13.9. The first-order chi connectivity index (χ1) is 41.5. The summed E-state index contributed by atoms with van der Waals surface area (Å²) >= 11 is 0. The lowest BCUT2D eigenvalue weighted by Crippen LogP contribution is -2.86. The Morgan fingerprint density at radius 2 is 1.65 bits per heavy atom. The minimum Gasteiger partial charge on any atom is -0.485 e. The molecular weight excluding hydrogens is 1130 g/mol. The molecular formula is C68H94N2O14S2. The molecule has 4 aromatic rings. The zero-order chi connectivity index (χ0) is 60.2. The number of aliphatic hydroxyl groups is 8. The number of aliphatic hydroxyl groups excluding tert-OH is 5. The standard InChI is InChI=1S/C68H94N2O14S2/c1-4-80-56(75)17-14-46-33-47-21-28-81-58(47)60-59(46)83-62-68(79)57-48(13-15-52(73)51(57)39-72)36-66(78,61(68)76)67(84-62)40-85-86-65(54(70-27-29-82-60)16-12-41(2)8-7-11-55(67)74)26-25-63(22-18-43(34-63)37-69-3)53(65)20-24-64(77)23-19-42(35-64)30-49-31-44-9-5-6-10-45(44)32-50(49)38-71/h5-6,9-10,13,15,21,28,31-33,41-43,48,51-55,57,61-62,69-74,76-79H,4,7-8,11-12,14,16-20,22-27,29-30,34-40H2,1-3H3/t41-,42-,43+,48+,51-,52+,53-,54+,55-,57+,61+,62-,63+,64-,65+,66+,67-,68-/m1/s1. The first kappa shape index (κ1) is 62.7. The van der Waals surface area contributed by atoms with Gasteiger partial charge in [0.05, 0.1) is 37.3 Å². The summed E-state index contributed by atoms with van der Waals surface area (Å²) in [7, 11) is 5.41. The number of carbonyl (C=O) groups excluding carboxylic acids is 1. The number of nitrogens with one attached hydrogen (secondary N) is 2. The van der Waals surface area contributed by atoms with Crippen LogP contribution >= 0.6 is 21.6 Å². The molecule has 472 valence electrons. The number of carbonyl (C=O) groups is 1. The van der Waals surface area contributed by atoms with Crippen LogP contribution in [0.5, 0.6) is 11.5 Å². The monoisotopic (exact) mass is 1230 g/mol. The van der Waals surface area contributed by atoms with Crippen LogP contribution in [0.15, 0.2) is 71.4 Å².